The van der Waals surface area contributed by atoms with E-state index in [1.807, 2.05) is 0 Å². The van der Waals surface area contributed by atoms with Crippen molar-refractivity contribution in [1.82, 2.24) is 0 Å². The number of para-hydroxylation sites is 1. The summed E-state index contributed by atoms with van der Waals surface area (Å²) in [7, 11) is 0. The summed E-state index contributed by atoms with van der Waals surface area (Å²) in [4.78, 5) is 15.0. The van der Waals surface area contributed by atoms with E-state index in [2.05, 4.69) is 58.4 Å². The first-order valence-corrected chi connectivity index (χ1v) is 7.16. The first-order valence-electron chi connectivity index (χ1n) is 7.16. The molecule has 7 nitrogen and oxygen atoms in total. The molecule has 2 aromatic carbocycles. The fraction of sp³-hybridized carbons (Fsp3) is 0.188. The molecule has 0 aliphatic carbocycles. The summed E-state index contributed by atoms with van der Waals surface area (Å²) in [6, 6.07) is 17.3. The van der Waals surface area contributed by atoms with Gasteiger partial charge in [0.05, 0.1) is 12.6 Å². The summed E-state index contributed by atoms with van der Waals surface area (Å²) >= 11 is 0. The topological polar surface area (TPSA) is 105 Å². The molecule has 0 unspecified atom stereocenters. The van der Waals surface area contributed by atoms with E-state index < -0.39 is 5.09 Å². The van der Waals surface area contributed by atoms with E-state index in [-0.39, 0.29) is 6.04 Å². The van der Waals surface area contributed by atoms with E-state index in [0.717, 1.165) is 13.0 Å². The van der Waals surface area contributed by atoms with Gasteiger partial charge < -0.3 is 15.8 Å². The van der Waals surface area contributed by atoms with Gasteiger partial charge in [0, 0.05) is 5.69 Å². The van der Waals surface area contributed by atoms with Gasteiger partial charge in [-0.05, 0) is 29.2 Å². The van der Waals surface area contributed by atoms with Gasteiger partial charge in [0.25, 0.3) is 5.09 Å². The molecule has 1 atom stereocenters. The molecule has 2 aliphatic heterocycles. The van der Waals surface area contributed by atoms with Crippen LogP contribution in [0.3, 0.4) is 0 Å². The van der Waals surface area contributed by atoms with Crippen LogP contribution in [0.5, 0.6) is 0 Å². The van der Waals surface area contributed by atoms with Crippen molar-refractivity contribution in [3.63, 3.8) is 0 Å². The van der Waals surface area contributed by atoms with E-state index >= 15 is 0 Å². The Balaban J connectivity index is 0.000000354. The molecule has 2 aromatic rings. The van der Waals surface area contributed by atoms with Gasteiger partial charge in [-0.15, -0.1) is 10.1 Å². The Morgan fingerprint density at radius 1 is 1.17 bits per heavy atom. The van der Waals surface area contributed by atoms with Crippen LogP contribution in [0.2, 0.25) is 0 Å². The van der Waals surface area contributed by atoms with E-state index in [1.165, 1.54) is 22.4 Å². The van der Waals surface area contributed by atoms with E-state index in [0.29, 0.717) is 5.96 Å². The zero-order chi connectivity index (χ0) is 16.4. The zero-order valence-corrected chi connectivity index (χ0v) is 12.3. The summed E-state index contributed by atoms with van der Waals surface area (Å²) in [6.45, 7) is 0.747. The lowest BCUT2D eigenvalue weighted by molar-refractivity contribution is -0.742. The third-order valence-corrected chi connectivity index (χ3v) is 4.03. The maximum Gasteiger partial charge on any atom is 0.291 e. The zero-order valence-electron chi connectivity index (χ0n) is 12.3. The van der Waals surface area contributed by atoms with Gasteiger partial charge in [0.15, 0.2) is 5.96 Å². The van der Waals surface area contributed by atoms with Crippen LogP contribution in [-0.2, 0) is 6.42 Å². The first-order chi connectivity index (χ1) is 11.1. The van der Waals surface area contributed by atoms with E-state index in [1.54, 1.807) is 0 Å². The number of hydrogen-bond acceptors (Lipinski definition) is 5. The van der Waals surface area contributed by atoms with Crippen LogP contribution in [0.15, 0.2) is 53.5 Å². The van der Waals surface area contributed by atoms with Gasteiger partial charge >= 0.3 is 0 Å². The van der Waals surface area contributed by atoms with Gasteiger partial charge in [-0.2, -0.15) is 0 Å². The molecular formula is C16H16N4O3. The third-order valence-electron chi connectivity index (χ3n) is 4.03. The summed E-state index contributed by atoms with van der Waals surface area (Å²) in [6.07, 6.45) is 0.965. The van der Waals surface area contributed by atoms with Crippen molar-refractivity contribution >= 4 is 11.6 Å². The average molecular weight is 312 g/mol. The number of hydrogen-bond donors (Lipinski definition) is 2. The summed E-state index contributed by atoms with van der Waals surface area (Å²) in [5, 5.41) is 13.6. The SMILES string of the molecule is NC1=NC[C@@H]2c3ccccc3Cc3ccccc3N12.O=[N+]([O-])O. The predicted molar refractivity (Wildman–Crippen MR) is 86.2 cm³/mol. The second-order valence-corrected chi connectivity index (χ2v) is 5.33. The molecule has 7 heteroatoms. The highest BCUT2D eigenvalue weighted by atomic mass is 16.9. The number of fused-ring (bicyclic) bond motifs is 5. The third kappa shape index (κ3) is 2.80. The van der Waals surface area contributed by atoms with Crippen LogP contribution in [0, 0.1) is 10.1 Å². The van der Waals surface area contributed by atoms with Crippen molar-refractivity contribution < 1.29 is 10.3 Å². The maximum absolute atomic E-state index is 8.36. The Bertz CT molecular complexity index is 771. The van der Waals surface area contributed by atoms with Crippen molar-refractivity contribution in [2.45, 2.75) is 12.5 Å². The van der Waals surface area contributed by atoms with Gasteiger partial charge in [-0.3, -0.25) is 4.99 Å². The predicted octanol–water partition coefficient (Wildman–Crippen LogP) is 2.12. The average Bonchev–Trinajstić information content (AvgIpc) is 2.83. The summed E-state index contributed by atoms with van der Waals surface area (Å²) < 4.78 is 0. The summed E-state index contributed by atoms with van der Waals surface area (Å²) in [5.41, 5.74) is 11.4. The van der Waals surface area contributed by atoms with Gasteiger partial charge in [0.2, 0.25) is 0 Å². The second kappa shape index (κ2) is 5.96. The number of nitrogens with zero attached hydrogens (tertiary/aromatic N) is 3. The molecule has 0 saturated heterocycles. The molecule has 0 fully saturated rings. The van der Waals surface area contributed by atoms with Crippen LogP contribution in [-0.4, -0.2) is 22.8 Å². The van der Waals surface area contributed by atoms with Crippen molar-refractivity contribution in [2.24, 2.45) is 10.7 Å². The Kier molecular flexibility index (Phi) is 3.84. The van der Waals surface area contributed by atoms with Crippen molar-refractivity contribution in [2.75, 3.05) is 11.4 Å². The number of aliphatic imine (C=N–C) groups is 1. The number of rotatable bonds is 0. The van der Waals surface area contributed by atoms with Gasteiger partial charge in [-0.1, -0.05) is 42.5 Å². The molecule has 23 heavy (non-hydrogen) atoms. The molecule has 0 amide bonds. The highest BCUT2D eigenvalue weighted by Crippen LogP contribution is 2.39. The Morgan fingerprint density at radius 3 is 2.52 bits per heavy atom. The highest BCUT2D eigenvalue weighted by molar-refractivity contribution is 5.98. The van der Waals surface area contributed by atoms with Crippen LogP contribution < -0.4 is 10.6 Å². The van der Waals surface area contributed by atoms with E-state index in [4.69, 9.17) is 21.1 Å². The molecule has 2 heterocycles. The van der Waals surface area contributed by atoms with Crippen molar-refractivity contribution in [1.29, 1.82) is 0 Å². The van der Waals surface area contributed by atoms with Gasteiger partial charge in [-0.25, -0.2) is 0 Å². The minimum absolute atomic E-state index is 0.250. The number of guanidine groups is 1. The highest BCUT2D eigenvalue weighted by Gasteiger charge is 2.33. The molecule has 0 spiro atoms. The van der Waals surface area contributed by atoms with Gasteiger partial charge in [0.1, 0.15) is 0 Å². The minimum atomic E-state index is -1.50. The number of anilines is 1. The van der Waals surface area contributed by atoms with Crippen molar-refractivity contribution in [3.8, 4) is 0 Å². The second-order valence-electron chi connectivity index (χ2n) is 5.33. The number of nitrogens with two attached hydrogens (primary N) is 1. The molecule has 0 saturated carbocycles. The minimum Gasteiger partial charge on any atom is -0.369 e. The molecule has 0 radical (unpaired) electrons. The molecule has 0 bridgehead atoms. The fourth-order valence-electron chi connectivity index (χ4n) is 3.15. The molecule has 0 aromatic heterocycles. The monoisotopic (exact) mass is 312 g/mol. The Hall–Kier alpha value is -3.09. The largest absolute Gasteiger partial charge is 0.369 e. The van der Waals surface area contributed by atoms with Crippen LogP contribution in [0.25, 0.3) is 0 Å². The standard InChI is InChI=1S/C16H15N3.HNO3/c17-16-18-10-15-13-7-3-1-5-11(13)9-12-6-2-4-8-14(12)19(15)16;2-1(3)4/h1-8,15H,9-10H2,(H2,17,18);(H,2,3,4)/t15-;/m1./s1. The molecule has 2 aliphatic rings. The lowest BCUT2D eigenvalue weighted by Crippen LogP contribution is -2.36. The quantitative estimate of drug-likeness (QED) is 0.572. The Morgan fingerprint density at radius 2 is 1.78 bits per heavy atom. The lowest BCUT2D eigenvalue weighted by atomic mass is 9.97. The maximum atomic E-state index is 8.36. The Labute approximate surface area is 132 Å². The molecule has 4 rings (SSSR count). The first kappa shape index (κ1) is 14.8. The molecule has 118 valence electrons. The van der Waals surface area contributed by atoms with E-state index in [9.17, 15) is 0 Å². The molecule has 3 N–H and O–H groups in total. The van der Waals surface area contributed by atoms with Crippen LogP contribution >= 0.6 is 0 Å². The summed E-state index contributed by atoms with van der Waals surface area (Å²) in [5.74, 6) is 0.633. The fourth-order valence-corrected chi connectivity index (χ4v) is 3.15. The van der Waals surface area contributed by atoms with Crippen molar-refractivity contribution in [3.05, 3.63) is 75.3 Å². The van der Waals surface area contributed by atoms with Crippen LogP contribution in [0.1, 0.15) is 22.7 Å². The number of benzene rings is 2. The smallest absolute Gasteiger partial charge is 0.291 e. The normalized spacial score (nSPS) is 17.7. The molecular weight excluding hydrogens is 296 g/mol. The van der Waals surface area contributed by atoms with Crippen LogP contribution in [0.4, 0.5) is 5.69 Å². The lowest BCUT2D eigenvalue weighted by Gasteiger charge is -2.26.